The summed E-state index contributed by atoms with van der Waals surface area (Å²) in [5.74, 6) is 0. The third-order valence-corrected chi connectivity index (χ3v) is 35.6. The smallest absolute Gasteiger partial charge is 0.147 e. The van der Waals surface area contributed by atoms with Gasteiger partial charge in [-0.25, -0.2) is 0 Å². The normalized spacial score (nSPS) is 22.1. The molecule has 0 saturated carbocycles. The van der Waals surface area contributed by atoms with Crippen molar-refractivity contribution in [1.29, 1.82) is 0 Å². The summed E-state index contributed by atoms with van der Waals surface area (Å²) in [7, 11) is 0. The fourth-order valence-corrected chi connectivity index (χ4v) is 14.2. The average molecular weight is 384 g/mol. The van der Waals surface area contributed by atoms with Gasteiger partial charge in [-0.3, -0.25) is 0 Å². The molecule has 1 aliphatic carbocycles. The summed E-state index contributed by atoms with van der Waals surface area (Å²) in [6.45, 7) is 7.27. The van der Waals surface area contributed by atoms with E-state index in [4.69, 9.17) is 0 Å². The summed E-state index contributed by atoms with van der Waals surface area (Å²) in [5, 5.41) is 13.0. The number of aromatic amines is 1. The molecule has 1 N–H and O–H groups in total. The molecule has 0 spiro atoms. The molecule has 0 bridgehead atoms. The minimum atomic E-state index is -4.69. The summed E-state index contributed by atoms with van der Waals surface area (Å²) < 4.78 is 3.14. The summed E-state index contributed by atoms with van der Waals surface area (Å²) in [6.07, 6.45) is 10.1. The molecule has 0 fully saturated rings. The predicted octanol–water partition coefficient (Wildman–Crippen LogP) is 7.08. The van der Waals surface area contributed by atoms with E-state index in [0.29, 0.717) is 0 Å². The van der Waals surface area contributed by atoms with Crippen molar-refractivity contribution in [2.45, 2.75) is 57.1 Å². The van der Waals surface area contributed by atoms with Gasteiger partial charge in [0.1, 0.15) is 0 Å². The second kappa shape index (κ2) is 3.67. The van der Waals surface area contributed by atoms with E-state index in [-0.39, 0.29) is 28.5 Å². The monoisotopic (exact) mass is 383 g/mol. The summed E-state index contributed by atoms with van der Waals surface area (Å²) in [4.78, 5) is 3.63. The molecule has 1 nitrogen and oxygen atoms in total. The van der Waals surface area contributed by atoms with Crippen LogP contribution in [0.1, 0.15) is 27.2 Å². The number of allylic oxidation sites excluding steroid dienone is 4. The molecule has 0 amide bonds. The van der Waals surface area contributed by atoms with Crippen LogP contribution in [-0.2, 0) is 11.5 Å². The molecule has 0 saturated heterocycles. The van der Waals surface area contributed by atoms with Gasteiger partial charge >= 0.3 is 118 Å². The van der Waals surface area contributed by atoms with Crippen molar-refractivity contribution in [1.82, 2.24) is 4.98 Å². The van der Waals surface area contributed by atoms with Gasteiger partial charge in [-0.2, -0.15) is 0 Å². The van der Waals surface area contributed by atoms with Gasteiger partial charge in [0.2, 0.25) is 0 Å². The van der Waals surface area contributed by atoms with Crippen LogP contribution in [0.2, 0.25) is 29.9 Å². The molecule has 0 aliphatic heterocycles. The molecule has 0 aromatic carbocycles. The van der Waals surface area contributed by atoms with Gasteiger partial charge in [0.25, 0.3) is 0 Å². The van der Waals surface area contributed by atoms with Crippen LogP contribution in [-0.4, -0.2) is 4.98 Å². The zero-order chi connectivity index (χ0) is 15.7. The van der Waals surface area contributed by atoms with Crippen LogP contribution in [0.5, 0.6) is 0 Å². The first kappa shape index (κ1) is 22.1. The molecule has 4 heteroatoms. The Morgan fingerprint density at radius 3 is 1.86 bits per heavy atom. The Morgan fingerprint density at radius 1 is 1.00 bits per heavy atom. The minimum Gasteiger partial charge on any atom is -0.147 e. The van der Waals surface area contributed by atoms with Gasteiger partial charge in [-0.1, -0.05) is 0 Å². The number of halogens is 2. The van der Waals surface area contributed by atoms with Gasteiger partial charge in [0.05, 0.1) is 0 Å². The van der Waals surface area contributed by atoms with Crippen molar-refractivity contribution in [3.8, 4) is 0 Å². The number of rotatable bonds is 2. The van der Waals surface area contributed by atoms with E-state index >= 15 is 0 Å². The van der Waals surface area contributed by atoms with Crippen LogP contribution in [0.15, 0.2) is 40.4 Å². The molecule has 2 rings (SSSR count). The van der Waals surface area contributed by atoms with E-state index in [1.54, 1.807) is 3.88 Å². The Bertz CT molecular complexity index is 678. The van der Waals surface area contributed by atoms with Crippen molar-refractivity contribution in [3.63, 3.8) is 0 Å². The quantitative estimate of drug-likeness (QED) is 0.524. The first-order valence-electron chi connectivity index (χ1n) is 7.96. The third-order valence-electron chi connectivity index (χ3n) is 9.41. The number of hydrogen-bond acceptors (Lipinski definition) is 0. The van der Waals surface area contributed by atoms with Crippen LogP contribution >= 0.6 is 24.8 Å². The molecular formula is C18H35Cl2NTi. The molecule has 130 valence electrons. The largest absolute Gasteiger partial charge is 0.147 e. The maximum atomic E-state index is 3.63. The zero-order valence-corrected chi connectivity index (χ0v) is 18.7. The molecule has 1 aromatic heterocycles. The van der Waals surface area contributed by atoms with E-state index in [2.05, 4.69) is 88.5 Å². The van der Waals surface area contributed by atoms with Gasteiger partial charge in [-0.05, 0) is 0 Å². The van der Waals surface area contributed by atoms with Gasteiger partial charge in [0.15, 0.2) is 0 Å². The Balaban J connectivity index is 0.00000220. The van der Waals surface area contributed by atoms with Crippen LogP contribution in [0.25, 0.3) is 0 Å². The second-order valence-electron chi connectivity index (χ2n) is 13.8. The van der Waals surface area contributed by atoms with Crippen molar-refractivity contribution in [2.24, 2.45) is 0 Å². The van der Waals surface area contributed by atoms with Crippen LogP contribution in [0.4, 0.5) is 0 Å². The van der Waals surface area contributed by atoms with Crippen molar-refractivity contribution in [2.75, 3.05) is 0 Å². The number of H-pyrrole nitrogens is 1. The summed E-state index contributed by atoms with van der Waals surface area (Å²) >= 11 is -4.69. The molecule has 0 radical (unpaired) electrons. The molecular weight excluding hydrogens is 349 g/mol. The molecule has 0 unspecified atom stereocenters. The van der Waals surface area contributed by atoms with Gasteiger partial charge < -0.3 is 0 Å². The maximum Gasteiger partial charge on any atom is -0.147 e. The molecule has 1 aromatic rings. The van der Waals surface area contributed by atoms with E-state index in [1.807, 2.05) is 0 Å². The Kier molecular flexibility index (Phi) is 3.68. The molecule has 1 heterocycles. The fraction of sp³-hybridized carbons (Fsp3) is 0.556. The Morgan fingerprint density at radius 2 is 1.55 bits per heavy atom. The predicted molar refractivity (Wildman–Crippen MR) is 106 cm³/mol. The van der Waals surface area contributed by atoms with E-state index in [9.17, 15) is 0 Å². The van der Waals surface area contributed by atoms with Gasteiger partial charge in [0, 0.05) is 0 Å². The van der Waals surface area contributed by atoms with Crippen molar-refractivity contribution < 1.29 is 11.5 Å². The van der Waals surface area contributed by atoms with Crippen molar-refractivity contribution in [3.05, 3.63) is 40.4 Å². The van der Waals surface area contributed by atoms with Gasteiger partial charge in [-0.15, -0.1) is 24.8 Å². The molecule has 22 heavy (non-hydrogen) atoms. The van der Waals surface area contributed by atoms with E-state index in [0.717, 1.165) is 6.42 Å². The summed E-state index contributed by atoms with van der Waals surface area (Å²) in [6, 6.07) is 4.46. The zero-order valence-electron chi connectivity index (χ0n) is 15.5. The first-order valence-corrected chi connectivity index (χ1v) is 18.1. The average Bonchev–Trinajstić information content (AvgIpc) is 2.90. The van der Waals surface area contributed by atoms with Crippen LogP contribution in [0.3, 0.4) is 0 Å². The number of hydrogen-bond donors (Lipinski definition) is 1. The Labute approximate surface area is 142 Å². The SMILES string of the molecule is C[C](C)(C)[Ti]([CH3])([CH3])([CH3])([CH3])([CH3])([C]1=CC=CC1)[c]1ccc[nH]1.Cl.Cl. The fourth-order valence-electron chi connectivity index (χ4n) is 3.88. The minimum absolute atomic E-state index is 0. The molecule has 1 aliphatic rings. The third kappa shape index (κ3) is 1.83. The topological polar surface area (TPSA) is 15.8 Å². The first-order chi connectivity index (χ1) is 8.49. The van der Waals surface area contributed by atoms with Crippen LogP contribution < -0.4 is 4.00 Å². The molecule has 0 atom stereocenters. The van der Waals surface area contributed by atoms with E-state index in [1.165, 1.54) is 4.00 Å². The van der Waals surface area contributed by atoms with Crippen molar-refractivity contribution >= 4 is 28.8 Å². The number of nitrogens with one attached hydrogen (secondary N) is 1. The van der Waals surface area contributed by atoms with Crippen LogP contribution in [0, 0.1) is 0 Å². The second-order valence-corrected chi connectivity index (χ2v) is 46.5. The number of aromatic nitrogens is 1. The maximum absolute atomic E-state index is 4.69. The van der Waals surface area contributed by atoms with E-state index < -0.39 is 11.5 Å². The summed E-state index contributed by atoms with van der Waals surface area (Å²) in [5.41, 5.74) is 0. The Hall–Kier alpha value is 0.0543. The standard InChI is InChI=1S/C5H5.C4H4N.C4H9.5CH3.2ClH.Ti/c2*1-2-4-5-3-1;1-4(2)3;;;;;;;;/h1-3H,4H2;1-3,5H;1-3H3;5*1H3;2*1H;.